The first-order chi connectivity index (χ1) is 7.59. The summed E-state index contributed by atoms with van der Waals surface area (Å²) in [6, 6.07) is 0. The van der Waals surface area contributed by atoms with Gasteiger partial charge in [0.05, 0.1) is 6.61 Å². The Hall–Kier alpha value is -0.650. The van der Waals surface area contributed by atoms with Gasteiger partial charge in [-0.25, -0.2) is 4.79 Å². The minimum atomic E-state index is -1.12. The Kier molecular flexibility index (Phi) is 3.19. The van der Waals surface area contributed by atoms with Crippen LogP contribution in [0.1, 0.15) is 26.7 Å². The molecule has 1 aliphatic heterocycles. The van der Waals surface area contributed by atoms with Crippen molar-refractivity contribution in [2.24, 2.45) is 5.92 Å². The highest BCUT2D eigenvalue weighted by atomic mass is 16.9. The van der Waals surface area contributed by atoms with E-state index >= 15 is 0 Å². The molecule has 1 saturated heterocycles. The Labute approximate surface area is 95.0 Å². The molecule has 1 saturated carbocycles. The molecule has 1 heterocycles. The minimum Gasteiger partial charge on any atom is -0.464 e. The molecule has 2 rings (SSSR count). The normalized spacial score (nSPS) is 38.7. The summed E-state index contributed by atoms with van der Waals surface area (Å²) in [5.74, 6) is -1.09. The molecule has 1 unspecified atom stereocenters. The summed E-state index contributed by atoms with van der Waals surface area (Å²) in [6.45, 7) is 3.79. The lowest BCUT2D eigenvalue weighted by Gasteiger charge is -2.20. The van der Waals surface area contributed by atoms with E-state index in [4.69, 9.17) is 18.9 Å². The third-order valence-electron chi connectivity index (χ3n) is 2.97. The number of ether oxygens (including phenoxy) is 4. The highest BCUT2D eigenvalue weighted by molar-refractivity contribution is 5.76. The number of hydrogen-bond acceptors (Lipinski definition) is 5. The van der Waals surface area contributed by atoms with Crippen LogP contribution in [0.25, 0.3) is 0 Å². The van der Waals surface area contributed by atoms with Crippen molar-refractivity contribution in [2.75, 3.05) is 13.7 Å². The van der Waals surface area contributed by atoms with Gasteiger partial charge in [-0.2, -0.15) is 0 Å². The average Bonchev–Trinajstić information content (AvgIpc) is 3.03. The van der Waals surface area contributed by atoms with Crippen LogP contribution < -0.4 is 0 Å². The lowest BCUT2D eigenvalue weighted by Crippen LogP contribution is -2.34. The maximum atomic E-state index is 11.7. The highest BCUT2D eigenvalue weighted by Crippen LogP contribution is 2.43. The molecule has 2 fully saturated rings. The molecule has 0 radical (unpaired) electrons. The van der Waals surface area contributed by atoms with Crippen LogP contribution in [0.5, 0.6) is 0 Å². The van der Waals surface area contributed by atoms with Gasteiger partial charge in [0.1, 0.15) is 6.10 Å². The summed E-state index contributed by atoms with van der Waals surface area (Å²) >= 11 is 0. The third-order valence-corrected chi connectivity index (χ3v) is 2.97. The minimum absolute atomic E-state index is 0.232. The van der Waals surface area contributed by atoms with Crippen LogP contribution in [-0.2, 0) is 23.7 Å². The van der Waals surface area contributed by atoms with Crippen LogP contribution >= 0.6 is 0 Å². The molecule has 0 aromatic carbocycles. The van der Waals surface area contributed by atoms with Gasteiger partial charge in [-0.3, -0.25) is 0 Å². The van der Waals surface area contributed by atoms with Gasteiger partial charge in [0, 0.05) is 14.0 Å². The fraction of sp³-hybridized carbons (Fsp3) is 0.909. The number of carbonyl (C=O) groups is 1. The summed E-state index contributed by atoms with van der Waals surface area (Å²) in [5.41, 5.74) is 0. The van der Waals surface area contributed by atoms with E-state index in [1.165, 1.54) is 7.11 Å². The number of methoxy groups -OCH3 is 1. The largest absolute Gasteiger partial charge is 0.464 e. The van der Waals surface area contributed by atoms with Crippen LogP contribution in [0.2, 0.25) is 0 Å². The highest BCUT2D eigenvalue weighted by Gasteiger charge is 2.54. The van der Waals surface area contributed by atoms with Crippen LogP contribution in [0, 0.1) is 5.92 Å². The molecule has 5 heteroatoms. The molecule has 92 valence electrons. The fourth-order valence-electron chi connectivity index (χ4n) is 1.91. The first kappa shape index (κ1) is 11.8. The molecule has 3 atom stereocenters. The second kappa shape index (κ2) is 4.31. The summed E-state index contributed by atoms with van der Waals surface area (Å²) in [6.07, 6.45) is 1.26. The number of hydrogen-bond donors (Lipinski definition) is 0. The predicted molar refractivity (Wildman–Crippen MR) is 54.5 cm³/mol. The molecule has 1 aliphatic carbocycles. The molecule has 0 aromatic rings. The Morgan fingerprint density at radius 1 is 1.44 bits per heavy atom. The van der Waals surface area contributed by atoms with Gasteiger partial charge in [-0.15, -0.1) is 0 Å². The van der Waals surface area contributed by atoms with Crippen molar-refractivity contribution in [2.45, 2.75) is 44.9 Å². The summed E-state index contributed by atoms with van der Waals surface area (Å²) in [7, 11) is 1.50. The van der Waals surface area contributed by atoms with E-state index in [0.29, 0.717) is 12.5 Å². The lowest BCUT2D eigenvalue weighted by molar-refractivity contribution is -0.318. The van der Waals surface area contributed by atoms with Gasteiger partial charge in [0.25, 0.3) is 5.97 Å². The maximum Gasteiger partial charge on any atom is 0.338 e. The molecular weight excluding hydrogens is 212 g/mol. The van der Waals surface area contributed by atoms with E-state index in [9.17, 15) is 4.79 Å². The Morgan fingerprint density at radius 3 is 2.62 bits per heavy atom. The van der Waals surface area contributed by atoms with Gasteiger partial charge >= 0.3 is 5.97 Å². The number of rotatable bonds is 4. The quantitative estimate of drug-likeness (QED) is 0.676. The van der Waals surface area contributed by atoms with Gasteiger partial charge in [0.15, 0.2) is 6.10 Å². The van der Waals surface area contributed by atoms with Gasteiger partial charge in [0.2, 0.25) is 0 Å². The molecule has 0 bridgehead atoms. The van der Waals surface area contributed by atoms with Gasteiger partial charge < -0.3 is 18.9 Å². The first-order valence-electron chi connectivity index (χ1n) is 5.67. The van der Waals surface area contributed by atoms with Crippen molar-refractivity contribution in [1.29, 1.82) is 0 Å². The Balaban J connectivity index is 2.06. The molecule has 0 N–H and O–H groups in total. The monoisotopic (exact) mass is 230 g/mol. The third kappa shape index (κ3) is 2.21. The Bertz CT molecular complexity index is 276. The average molecular weight is 230 g/mol. The van der Waals surface area contributed by atoms with E-state index < -0.39 is 12.1 Å². The zero-order valence-corrected chi connectivity index (χ0v) is 9.89. The maximum absolute atomic E-state index is 11.7. The molecule has 0 amide bonds. The van der Waals surface area contributed by atoms with E-state index in [1.54, 1.807) is 13.8 Å². The van der Waals surface area contributed by atoms with Crippen molar-refractivity contribution in [3.05, 3.63) is 0 Å². The first-order valence-corrected chi connectivity index (χ1v) is 5.67. The summed E-state index contributed by atoms with van der Waals surface area (Å²) in [4.78, 5) is 11.7. The van der Waals surface area contributed by atoms with E-state index in [2.05, 4.69) is 0 Å². The van der Waals surface area contributed by atoms with Crippen LogP contribution in [-0.4, -0.2) is 37.9 Å². The summed E-state index contributed by atoms with van der Waals surface area (Å²) in [5, 5.41) is 0. The molecule has 2 aliphatic rings. The molecule has 0 spiro atoms. The van der Waals surface area contributed by atoms with Crippen molar-refractivity contribution in [1.82, 2.24) is 0 Å². The SMILES string of the molecule is CCOC(=O)[C@H]1OC(C)(OC)O[C@@H]1C1CC1. The predicted octanol–water partition coefficient (Wildman–Crippen LogP) is 1.06. The van der Waals surface area contributed by atoms with Gasteiger partial charge in [-0.05, 0) is 25.7 Å². The van der Waals surface area contributed by atoms with Crippen molar-refractivity contribution in [3.8, 4) is 0 Å². The molecule has 16 heavy (non-hydrogen) atoms. The van der Waals surface area contributed by atoms with E-state index in [-0.39, 0.29) is 12.1 Å². The van der Waals surface area contributed by atoms with Crippen LogP contribution in [0.3, 0.4) is 0 Å². The van der Waals surface area contributed by atoms with Crippen molar-refractivity contribution in [3.63, 3.8) is 0 Å². The van der Waals surface area contributed by atoms with Crippen LogP contribution in [0.15, 0.2) is 0 Å². The van der Waals surface area contributed by atoms with Crippen molar-refractivity contribution >= 4 is 5.97 Å². The summed E-state index contributed by atoms with van der Waals surface area (Å²) < 4.78 is 21.2. The van der Waals surface area contributed by atoms with E-state index in [0.717, 1.165) is 12.8 Å². The topological polar surface area (TPSA) is 54.0 Å². The lowest BCUT2D eigenvalue weighted by atomic mass is 10.1. The van der Waals surface area contributed by atoms with Crippen LogP contribution in [0.4, 0.5) is 0 Å². The van der Waals surface area contributed by atoms with E-state index in [1.807, 2.05) is 0 Å². The van der Waals surface area contributed by atoms with Crippen molar-refractivity contribution < 1.29 is 23.7 Å². The fourth-order valence-corrected chi connectivity index (χ4v) is 1.91. The number of esters is 1. The Morgan fingerprint density at radius 2 is 2.12 bits per heavy atom. The smallest absolute Gasteiger partial charge is 0.338 e. The second-order valence-electron chi connectivity index (χ2n) is 4.28. The number of carbonyl (C=O) groups excluding carboxylic acids is 1. The zero-order valence-electron chi connectivity index (χ0n) is 9.89. The standard InChI is InChI=1S/C11H18O5/c1-4-14-10(12)9-8(7-5-6-7)15-11(2,13-3)16-9/h7-9H,4-6H2,1-3H3/t8-,9+,11?/m1/s1. The second-order valence-corrected chi connectivity index (χ2v) is 4.28. The molecule has 0 aromatic heterocycles. The zero-order chi connectivity index (χ0) is 11.8. The molecular formula is C11H18O5. The van der Waals surface area contributed by atoms with Gasteiger partial charge in [-0.1, -0.05) is 0 Å². The molecule has 5 nitrogen and oxygen atoms in total.